The smallest absolute Gasteiger partial charge is 0.269 e. The van der Waals surface area contributed by atoms with E-state index >= 15 is 0 Å². The summed E-state index contributed by atoms with van der Waals surface area (Å²) in [5, 5.41) is 14.2. The van der Waals surface area contributed by atoms with Gasteiger partial charge in [0.25, 0.3) is 5.69 Å². The van der Waals surface area contributed by atoms with Gasteiger partial charge in [-0.3, -0.25) is 10.1 Å². The first-order valence-electron chi connectivity index (χ1n) is 6.70. The monoisotopic (exact) mass is 348 g/mol. The van der Waals surface area contributed by atoms with Crippen LogP contribution in [0.4, 0.5) is 5.69 Å². The number of hydrogen-bond donors (Lipinski definition) is 1. The van der Waals surface area contributed by atoms with Gasteiger partial charge in [0.1, 0.15) is 0 Å². The Labute approximate surface area is 132 Å². The number of hydrogen-bond acceptors (Lipinski definition) is 3. The zero-order valence-corrected chi connectivity index (χ0v) is 13.6. The van der Waals surface area contributed by atoms with Gasteiger partial charge in [0.2, 0.25) is 0 Å². The molecule has 2 rings (SSSR count). The molecule has 0 spiro atoms. The van der Waals surface area contributed by atoms with Gasteiger partial charge in [-0.25, -0.2) is 0 Å². The molecule has 21 heavy (non-hydrogen) atoms. The van der Waals surface area contributed by atoms with E-state index in [9.17, 15) is 10.1 Å². The minimum atomic E-state index is -0.368. The zero-order valence-electron chi connectivity index (χ0n) is 12.0. The lowest BCUT2D eigenvalue weighted by atomic mass is 10.1. The first-order valence-corrected chi connectivity index (χ1v) is 7.49. The van der Waals surface area contributed by atoms with E-state index in [1.54, 1.807) is 12.1 Å². The van der Waals surface area contributed by atoms with Crippen LogP contribution in [0.15, 0.2) is 46.9 Å². The number of non-ortho nitro benzene ring substituents is 1. The second-order valence-corrected chi connectivity index (χ2v) is 5.90. The largest absolute Gasteiger partial charge is 0.306 e. The van der Waals surface area contributed by atoms with Gasteiger partial charge in [-0.05, 0) is 36.6 Å². The molecule has 5 heteroatoms. The van der Waals surface area contributed by atoms with Gasteiger partial charge in [0, 0.05) is 29.2 Å². The molecule has 2 aromatic carbocycles. The molecule has 0 heterocycles. The number of benzene rings is 2. The molecule has 0 amide bonds. The fraction of sp³-hybridized carbons (Fsp3) is 0.250. The van der Waals surface area contributed by atoms with Crippen molar-refractivity contribution in [1.82, 2.24) is 5.32 Å². The molecular formula is C16H17BrN2O2. The summed E-state index contributed by atoms with van der Waals surface area (Å²) in [6.45, 7) is 4.75. The minimum Gasteiger partial charge on any atom is -0.306 e. The number of aryl methyl sites for hydroxylation is 1. The molecule has 1 N–H and O–H groups in total. The fourth-order valence-corrected chi connectivity index (χ4v) is 2.72. The first-order chi connectivity index (χ1) is 9.97. The van der Waals surface area contributed by atoms with E-state index in [2.05, 4.69) is 39.4 Å². The Morgan fingerprint density at radius 3 is 2.71 bits per heavy atom. The lowest BCUT2D eigenvalue weighted by Crippen LogP contribution is -2.18. The van der Waals surface area contributed by atoms with Crippen LogP contribution in [0.2, 0.25) is 0 Å². The molecule has 0 aliphatic carbocycles. The highest BCUT2D eigenvalue weighted by molar-refractivity contribution is 9.10. The average Bonchev–Trinajstić information content (AvgIpc) is 2.46. The van der Waals surface area contributed by atoms with Gasteiger partial charge >= 0.3 is 0 Å². The third-order valence-electron chi connectivity index (χ3n) is 3.39. The third-order valence-corrected chi connectivity index (χ3v) is 4.13. The van der Waals surface area contributed by atoms with Crippen molar-refractivity contribution >= 4 is 21.6 Å². The standard InChI is InChI=1S/C16H17BrN2O2/c1-11-6-7-14(16(17)8-11)10-18-12(2)13-4-3-5-15(9-13)19(20)21/h3-9,12,18H,10H2,1-2H3. The molecule has 0 radical (unpaired) electrons. The molecular weight excluding hydrogens is 332 g/mol. The number of nitrogens with zero attached hydrogens (tertiary/aromatic N) is 1. The number of nitrogens with one attached hydrogen (secondary N) is 1. The molecule has 1 atom stereocenters. The van der Waals surface area contributed by atoms with Crippen LogP contribution in [-0.4, -0.2) is 4.92 Å². The summed E-state index contributed by atoms with van der Waals surface area (Å²) in [5.74, 6) is 0. The Morgan fingerprint density at radius 1 is 1.29 bits per heavy atom. The van der Waals surface area contributed by atoms with E-state index in [0.717, 1.165) is 15.6 Å². The highest BCUT2D eigenvalue weighted by Gasteiger charge is 2.11. The predicted molar refractivity (Wildman–Crippen MR) is 87.2 cm³/mol. The van der Waals surface area contributed by atoms with E-state index in [-0.39, 0.29) is 16.7 Å². The van der Waals surface area contributed by atoms with Crippen LogP contribution < -0.4 is 5.32 Å². The summed E-state index contributed by atoms with van der Waals surface area (Å²) in [7, 11) is 0. The van der Waals surface area contributed by atoms with Crippen molar-refractivity contribution in [2.75, 3.05) is 0 Å². The van der Waals surface area contributed by atoms with Gasteiger partial charge in [0.05, 0.1) is 4.92 Å². The maximum absolute atomic E-state index is 10.8. The predicted octanol–water partition coefficient (Wildman–Crippen LogP) is 4.52. The highest BCUT2D eigenvalue weighted by Crippen LogP contribution is 2.21. The Morgan fingerprint density at radius 2 is 2.05 bits per heavy atom. The Hall–Kier alpha value is -1.72. The van der Waals surface area contributed by atoms with Crippen LogP contribution in [0, 0.1) is 17.0 Å². The van der Waals surface area contributed by atoms with Crippen molar-refractivity contribution in [3.63, 3.8) is 0 Å². The van der Waals surface area contributed by atoms with Gasteiger partial charge in [-0.15, -0.1) is 0 Å². The van der Waals surface area contributed by atoms with Gasteiger partial charge in [0.15, 0.2) is 0 Å². The molecule has 4 nitrogen and oxygen atoms in total. The topological polar surface area (TPSA) is 55.2 Å². The molecule has 0 aromatic heterocycles. The molecule has 2 aromatic rings. The quantitative estimate of drug-likeness (QED) is 0.638. The van der Waals surface area contributed by atoms with E-state index in [4.69, 9.17) is 0 Å². The summed E-state index contributed by atoms with van der Waals surface area (Å²) in [4.78, 5) is 10.4. The molecule has 110 valence electrons. The number of rotatable bonds is 5. The first kappa shape index (κ1) is 15.7. The molecule has 1 unspecified atom stereocenters. The number of nitro groups is 1. The van der Waals surface area contributed by atoms with Crippen LogP contribution in [0.3, 0.4) is 0 Å². The number of nitro benzene ring substituents is 1. The summed E-state index contributed by atoms with van der Waals surface area (Å²) >= 11 is 3.55. The van der Waals surface area contributed by atoms with E-state index in [1.165, 1.54) is 11.6 Å². The maximum Gasteiger partial charge on any atom is 0.269 e. The normalized spacial score (nSPS) is 12.1. The van der Waals surface area contributed by atoms with Gasteiger partial charge in [-0.1, -0.05) is 40.2 Å². The Bertz CT molecular complexity index is 658. The molecule has 0 saturated heterocycles. The summed E-state index contributed by atoms with van der Waals surface area (Å²) < 4.78 is 1.07. The van der Waals surface area contributed by atoms with Gasteiger partial charge < -0.3 is 5.32 Å². The summed E-state index contributed by atoms with van der Waals surface area (Å²) in [6, 6.07) is 13.0. The van der Waals surface area contributed by atoms with Crippen molar-refractivity contribution in [2.45, 2.75) is 26.4 Å². The van der Waals surface area contributed by atoms with Crippen molar-refractivity contribution in [3.8, 4) is 0 Å². The lowest BCUT2D eigenvalue weighted by molar-refractivity contribution is -0.384. The molecule has 0 fully saturated rings. The summed E-state index contributed by atoms with van der Waals surface area (Å²) in [6.07, 6.45) is 0. The minimum absolute atomic E-state index is 0.0399. The van der Waals surface area contributed by atoms with Crippen LogP contribution in [0.25, 0.3) is 0 Å². The van der Waals surface area contributed by atoms with Crippen molar-refractivity contribution in [3.05, 3.63) is 73.7 Å². The van der Waals surface area contributed by atoms with Crippen molar-refractivity contribution in [2.24, 2.45) is 0 Å². The van der Waals surface area contributed by atoms with Crippen molar-refractivity contribution < 1.29 is 4.92 Å². The fourth-order valence-electron chi connectivity index (χ4n) is 2.08. The second-order valence-electron chi connectivity index (χ2n) is 5.05. The Kier molecular flexibility index (Phi) is 5.09. The van der Waals surface area contributed by atoms with E-state index < -0.39 is 0 Å². The Balaban J connectivity index is 2.06. The molecule has 0 bridgehead atoms. The highest BCUT2D eigenvalue weighted by atomic mass is 79.9. The van der Waals surface area contributed by atoms with Crippen LogP contribution in [0.5, 0.6) is 0 Å². The zero-order chi connectivity index (χ0) is 15.4. The van der Waals surface area contributed by atoms with Crippen molar-refractivity contribution in [1.29, 1.82) is 0 Å². The number of halogens is 1. The molecule has 0 aliphatic heterocycles. The van der Waals surface area contributed by atoms with Crippen LogP contribution in [-0.2, 0) is 6.54 Å². The summed E-state index contributed by atoms with van der Waals surface area (Å²) in [5.41, 5.74) is 3.40. The van der Waals surface area contributed by atoms with Gasteiger partial charge in [-0.2, -0.15) is 0 Å². The lowest BCUT2D eigenvalue weighted by Gasteiger charge is -2.15. The van der Waals surface area contributed by atoms with E-state index in [0.29, 0.717) is 6.54 Å². The van der Waals surface area contributed by atoms with Crippen LogP contribution in [0.1, 0.15) is 29.7 Å². The van der Waals surface area contributed by atoms with Crippen LogP contribution >= 0.6 is 15.9 Å². The third kappa shape index (κ3) is 4.12. The molecule has 0 saturated carbocycles. The SMILES string of the molecule is Cc1ccc(CNC(C)c2cccc([N+](=O)[O-])c2)c(Br)c1. The average molecular weight is 349 g/mol. The molecule has 0 aliphatic rings. The second kappa shape index (κ2) is 6.83. The van der Waals surface area contributed by atoms with E-state index in [1.807, 2.05) is 19.9 Å². The maximum atomic E-state index is 10.8.